The number of anilines is 2. The van der Waals surface area contributed by atoms with E-state index in [1.807, 2.05) is 6.07 Å². The Morgan fingerprint density at radius 2 is 1.88 bits per heavy atom. The first kappa shape index (κ1) is 22.0. The Morgan fingerprint density at radius 3 is 2.64 bits per heavy atom. The van der Waals surface area contributed by atoms with Crippen LogP contribution in [0.5, 0.6) is 5.75 Å². The Balaban J connectivity index is 1.49. The number of nitrogens with two attached hydrogens (primary N) is 1. The summed E-state index contributed by atoms with van der Waals surface area (Å²) in [5, 5.41) is 12.0. The molecule has 1 saturated heterocycles. The summed E-state index contributed by atoms with van der Waals surface area (Å²) < 4.78 is 11.3. The number of ether oxygens (including phenoxy) is 1. The zero-order valence-electron chi connectivity index (χ0n) is 18.0. The number of benzene rings is 2. The molecule has 2 heterocycles. The smallest absolute Gasteiger partial charge is 0.291 e. The number of carbonyl (C=O) groups excluding carboxylic acids is 2. The number of nitrogens with zero attached hydrogens (tertiary/aromatic N) is 2. The van der Waals surface area contributed by atoms with Crippen LogP contribution >= 0.6 is 0 Å². The average molecular weight is 444 g/mol. The molecule has 0 unspecified atom stereocenters. The fraction of sp³-hybridized carbons (Fsp3) is 0.240. The summed E-state index contributed by atoms with van der Waals surface area (Å²) in [6, 6.07) is 17.2. The zero-order chi connectivity index (χ0) is 23.2. The van der Waals surface area contributed by atoms with Crippen molar-refractivity contribution in [1.29, 1.82) is 5.26 Å². The molecular weight excluding hydrogens is 420 g/mol. The third-order valence-electron chi connectivity index (χ3n) is 5.49. The predicted molar refractivity (Wildman–Crippen MR) is 123 cm³/mol. The van der Waals surface area contributed by atoms with Gasteiger partial charge in [0.1, 0.15) is 24.2 Å². The summed E-state index contributed by atoms with van der Waals surface area (Å²) in [5.74, 6) is -0.0209. The molecule has 2 aromatic carbocycles. The summed E-state index contributed by atoms with van der Waals surface area (Å²) >= 11 is 0. The van der Waals surface area contributed by atoms with Gasteiger partial charge < -0.3 is 25.1 Å². The van der Waals surface area contributed by atoms with Gasteiger partial charge in [-0.3, -0.25) is 9.59 Å². The molecule has 8 nitrogen and oxygen atoms in total. The van der Waals surface area contributed by atoms with Gasteiger partial charge in [0, 0.05) is 18.7 Å². The van der Waals surface area contributed by atoms with Crippen LogP contribution < -0.4 is 20.7 Å². The van der Waals surface area contributed by atoms with Crippen LogP contribution in [0.4, 0.5) is 11.4 Å². The van der Waals surface area contributed by atoms with Gasteiger partial charge in [0.25, 0.3) is 5.91 Å². The van der Waals surface area contributed by atoms with E-state index in [0.717, 1.165) is 31.6 Å². The number of nitrogens with one attached hydrogen (secondary N) is 1. The van der Waals surface area contributed by atoms with Crippen LogP contribution in [0, 0.1) is 11.3 Å². The maximum Gasteiger partial charge on any atom is 0.291 e. The molecule has 0 saturated carbocycles. The normalized spacial score (nSPS) is 13.2. The second kappa shape index (κ2) is 9.92. The molecule has 0 spiro atoms. The lowest BCUT2D eigenvalue weighted by Gasteiger charge is -2.30. The van der Waals surface area contributed by atoms with Gasteiger partial charge in [0.05, 0.1) is 16.9 Å². The van der Waals surface area contributed by atoms with Crippen LogP contribution in [0.15, 0.2) is 59.0 Å². The van der Waals surface area contributed by atoms with Gasteiger partial charge in [-0.05, 0) is 61.7 Å². The number of hydrogen-bond donors (Lipinski definition) is 2. The van der Waals surface area contributed by atoms with Gasteiger partial charge in [0.15, 0.2) is 5.76 Å². The summed E-state index contributed by atoms with van der Waals surface area (Å²) in [6.45, 7) is 1.83. The molecule has 3 N–H and O–H groups in total. The average Bonchev–Trinajstić information content (AvgIpc) is 3.32. The first-order valence-corrected chi connectivity index (χ1v) is 10.8. The maximum atomic E-state index is 12.9. The number of hydrogen-bond acceptors (Lipinski definition) is 6. The van der Waals surface area contributed by atoms with Crippen molar-refractivity contribution in [2.75, 3.05) is 23.3 Å². The van der Waals surface area contributed by atoms with Crippen LogP contribution in [0.2, 0.25) is 0 Å². The molecule has 0 radical (unpaired) electrons. The molecule has 0 aliphatic carbocycles. The van der Waals surface area contributed by atoms with E-state index in [4.69, 9.17) is 20.1 Å². The molecule has 1 fully saturated rings. The Bertz CT molecular complexity index is 1210. The molecule has 8 heteroatoms. The molecule has 33 heavy (non-hydrogen) atoms. The molecule has 4 rings (SSSR count). The molecule has 2 amide bonds. The highest BCUT2D eigenvalue weighted by Crippen LogP contribution is 2.30. The zero-order valence-corrected chi connectivity index (χ0v) is 18.0. The van der Waals surface area contributed by atoms with Crippen LogP contribution in [-0.4, -0.2) is 24.9 Å². The van der Waals surface area contributed by atoms with Crippen molar-refractivity contribution in [3.63, 3.8) is 0 Å². The molecule has 3 aromatic rings. The van der Waals surface area contributed by atoms with E-state index in [0.29, 0.717) is 28.3 Å². The molecule has 1 aliphatic rings. The fourth-order valence-electron chi connectivity index (χ4n) is 3.80. The van der Waals surface area contributed by atoms with Crippen LogP contribution in [-0.2, 0) is 6.61 Å². The molecule has 1 aliphatic heterocycles. The van der Waals surface area contributed by atoms with Gasteiger partial charge in [-0.1, -0.05) is 12.1 Å². The number of furan rings is 1. The first-order valence-electron chi connectivity index (χ1n) is 10.8. The SMILES string of the molecule is N#Cc1ccccc1OCc1ccc(C(=O)Nc2cc(C(N)=O)ccc2N2CCCCC2)o1. The van der Waals surface area contributed by atoms with Crippen molar-refractivity contribution in [3.8, 4) is 11.8 Å². The van der Waals surface area contributed by atoms with Gasteiger partial charge in [-0.2, -0.15) is 5.26 Å². The molecule has 0 bridgehead atoms. The number of primary amides is 1. The lowest BCUT2D eigenvalue weighted by atomic mass is 10.1. The Kier molecular flexibility index (Phi) is 6.60. The standard InChI is InChI=1S/C25H24N4O4/c26-15-18-6-2-3-7-22(18)32-16-19-9-11-23(33-19)25(31)28-20-14-17(24(27)30)8-10-21(20)29-12-4-1-5-13-29/h2-3,6-11,14H,1,4-5,12-13,16H2,(H2,27,30)(H,28,31). The third kappa shape index (κ3) is 5.15. The molecular formula is C25H24N4O4. The van der Waals surface area contributed by atoms with Crippen molar-refractivity contribution in [3.05, 3.63) is 77.2 Å². The number of rotatable bonds is 7. The molecule has 0 atom stereocenters. The van der Waals surface area contributed by atoms with E-state index in [1.165, 1.54) is 6.42 Å². The minimum absolute atomic E-state index is 0.0716. The van der Waals surface area contributed by atoms with Crippen molar-refractivity contribution in [2.45, 2.75) is 25.9 Å². The van der Waals surface area contributed by atoms with E-state index in [1.54, 1.807) is 48.5 Å². The number of amides is 2. The Morgan fingerprint density at radius 1 is 1.09 bits per heavy atom. The summed E-state index contributed by atoms with van der Waals surface area (Å²) in [4.78, 5) is 26.8. The van der Waals surface area contributed by atoms with E-state index >= 15 is 0 Å². The quantitative estimate of drug-likeness (QED) is 0.566. The Hall–Kier alpha value is -4.25. The van der Waals surface area contributed by atoms with Crippen LogP contribution in [0.1, 0.15) is 51.5 Å². The number of piperidine rings is 1. The fourth-order valence-corrected chi connectivity index (χ4v) is 3.80. The molecule has 1 aromatic heterocycles. The van der Waals surface area contributed by atoms with E-state index in [-0.39, 0.29) is 12.4 Å². The van der Waals surface area contributed by atoms with Crippen LogP contribution in [0.25, 0.3) is 0 Å². The summed E-state index contributed by atoms with van der Waals surface area (Å²) in [6.07, 6.45) is 3.32. The monoisotopic (exact) mass is 444 g/mol. The van der Waals surface area contributed by atoms with E-state index in [2.05, 4.69) is 16.3 Å². The lowest BCUT2D eigenvalue weighted by molar-refractivity contribution is 0.0985. The van der Waals surface area contributed by atoms with E-state index in [9.17, 15) is 9.59 Å². The minimum Gasteiger partial charge on any atom is -0.484 e. The second-order valence-corrected chi connectivity index (χ2v) is 7.76. The number of nitriles is 1. The number of para-hydroxylation sites is 1. The minimum atomic E-state index is -0.564. The largest absolute Gasteiger partial charge is 0.484 e. The van der Waals surface area contributed by atoms with Gasteiger partial charge in [0.2, 0.25) is 5.91 Å². The predicted octanol–water partition coefficient (Wildman–Crippen LogP) is 4.07. The lowest BCUT2D eigenvalue weighted by Crippen LogP contribution is -2.30. The van der Waals surface area contributed by atoms with Gasteiger partial charge >= 0.3 is 0 Å². The van der Waals surface area contributed by atoms with Crippen molar-refractivity contribution >= 4 is 23.2 Å². The molecule has 168 valence electrons. The highest BCUT2D eigenvalue weighted by atomic mass is 16.5. The topological polar surface area (TPSA) is 122 Å². The highest BCUT2D eigenvalue weighted by molar-refractivity contribution is 6.05. The summed E-state index contributed by atoms with van der Waals surface area (Å²) in [7, 11) is 0. The van der Waals surface area contributed by atoms with Crippen molar-refractivity contribution in [1.82, 2.24) is 0 Å². The van der Waals surface area contributed by atoms with Crippen molar-refractivity contribution < 1.29 is 18.7 Å². The Labute approximate surface area is 191 Å². The van der Waals surface area contributed by atoms with E-state index < -0.39 is 11.8 Å². The summed E-state index contributed by atoms with van der Waals surface area (Å²) in [5.41, 5.74) is 7.53. The van der Waals surface area contributed by atoms with Gasteiger partial charge in [-0.15, -0.1) is 0 Å². The first-order chi connectivity index (χ1) is 16.0. The maximum absolute atomic E-state index is 12.9. The highest BCUT2D eigenvalue weighted by Gasteiger charge is 2.19. The number of carbonyl (C=O) groups is 2. The third-order valence-corrected chi connectivity index (χ3v) is 5.49. The van der Waals surface area contributed by atoms with Crippen molar-refractivity contribution in [2.24, 2.45) is 5.73 Å². The second-order valence-electron chi connectivity index (χ2n) is 7.76. The van der Waals surface area contributed by atoms with Gasteiger partial charge in [-0.25, -0.2) is 0 Å². The van der Waals surface area contributed by atoms with Crippen LogP contribution in [0.3, 0.4) is 0 Å².